The Hall–Kier alpha value is -2.28. The molecule has 0 unspecified atom stereocenters. The van der Waals surface area contributed by atoms with Gasteiger partial charge >= 0.3 is 0 Å². The average molecular weight is 257 g/mol. The van der Waals surface area contributed by atoms with E-state index >= 15 is 0 Å². The summed E-state index contributed by atoms with van der Waals surface area (Å²) in [6.07, 6.45) is 5.40. The minimum absolute atomic E-state index is 0.397. The number of hydrogen-bond acceptors (Lipinski definition) is 5. The van der Waals surface area contributed by atoms with Crippen molar-refractivity contribution >= 4 is 11.0 Å². The van der Waals surface area contributed by atoms with Crippen molar-refractivity contribution in [2.75, 3.05) is 0 Å². The minimum atomic E-state index is 0.397. The summed E-state index contributed by atoms with van der Waals surface area (Å²) < 4.78 is 3.91. The van der Waals surface area contributed by atoms with Gasteiger partial charge in [-0.2, -0.15) is 0 Å². The van der Waals surface area contributed by atoms with Crippen LogP contribution in [0.4, 0.5) is 0 Å². The second kappa shape index (κ2) is 4.77. The van der Waals surface area contributed by atoms with Crippen LogP contribution in [0.3, 0.4) is 0 Å². The number of nitrogens with zero attached hydrogens (tertiary/aromatic N) is 6. The van der Waals surface area contributed by atoms with Gasteiger partial charge < -0.3 is 10.3 Å². The van der Waals surface area contributed by atoms with Gasteiger partial charge in [0.05, 0.1) is 23.6 Å². The topological polar surface area (TPSA) is 87.4 Å². The Bertz CT molecular complexity index is 697. The fourth-order valence-electron chi connectivity index (χ4n) is 2.16. The van der Waals surface area contributed by atoms with Gasteiger partial charge in [-0.15, -0.1) is 5.10 Å². The van der Waals surface area contributed by atoms with Crippen LogP contribution in [-0.2, 0) is 19.6 Å². The molecule has 3 aromatic heterocycles. The van der Waals surface area contributed by atoms with Crippen LogP contribution in [0.15, 0.2) is 24.7 Å². The summed E-state index contributed by atoms with van der Waals surface area (Å²) in [6, 6.07) is 1.97. The maximum Gasteiger partial charge on any atom is 0.131 e. The van der Waals surface area contributed by atoms with Crippen LogP contribution in [0.2, 0.25) is 0 Å². The number of fused-ring (bicyclic) bond motifs is 1. The molecule has 0 saturated heterocycles. The number of imidazole rings is 1. The fraction of sp³-hybridized carbons (Fsp3) is 0.333. The van der Waals surface area contributed by atoms with Gasteiger partial charge in [0.25, 0.3) is 0 Å². The molecule has 0 atom stereocenters. The zero-order valence-electron chi connectivity index (χ0n) is 10.7. The number of pyridine rings is 1. The lowest BCUT2D eigenvalue weighted by molar-refractivity contribution is 0.594. The summed E-state index contributed by atoms with van der Waals surface area (Å²) in [4.78, 5) is 8.69. The first-order valence-corrected chi connectivity index (χ1v) is 6.20. The van der Waals surface area contributed by atoms with Crippen LogP contribution in [0, 0.1) is 0 Å². The SMILES string of the molecule is CCn1c(Cn2cc(CN)nn2)nc2cnccc21. The Balaban J connectivity index is 1.99. The van der Waals surface area contributed by atoms with Gasteiger partial charge in [-0.1, -0.05) is 5.21 Å². The molecule has 0 bridgehead atoms. The molecule has 0 aliphatic heterocycles. The highest BCUT2D eigenvalue weighted by molar-refractivity contribution is 5.74. The summed E-state index contributed by atoms with van der Waals surface area (Å²) in [5, 5.41) is 8.02. The summed E-state index contributed by atoms with van der Waals surface area (Å²) in [7, 11) is 0. The van der Waals surface area contributed by atoms with E-state index in [0.29, 0.717) is 13.1 Å². The molecule has 0 aliphatic carbocycles. The average Bonchev–Trinajstić information content (AvgIpc) is 3.02. The highest BCUT2D eigenvalue weighted by atomic mass is 15.4. The molecule has 0 radical (unpaired) electrons. The summed E-state index contributed by atoms with van der Waals surface area (Å²) in [5.41, 5.74) is 8.30. The Morgan fingerprint density at radius 2 is 2.26 bits per heavy atom. The highest BCUT2D eigenvalue weighted by Crippen LogP contribution is 2.15. The molecule has 7 nitrogen and oxygen atoms in total. The maximum atomic E-state index is 5.53. The maximum absolute atomic E-state index is 5.53. The first-order valence-electron chi connectivity index (χ1n) is 6.20. The summed E-state index contributed by atoms with van der Waals surface area (Å²) in [6.45, 7) is 3.93. The van der Waals surface area contributed by atoms with E-state index in [9.17, 15) is 0 Å². The number of aromatic nitrogens is 6. The van der Waals surface area contributed by atoms with E-state index in [1.165, 1.54) is 0 Å². The van der Waals surface area contributed by atoms with Crippen molar-refractivity contribution in [2.24, 2.45) is 5.73 Å². The Kier molecular flexibility index (Phi) is 2.96. The van der Waals surface area contributed by atoms with E-state index in [1.54, 1.807) is 17.1 Å². The van der Waals surface area contributed by atoms with Gasteiger partial charge in [-0.3, -0.25) is 4.98 Å². The van der Waals surface area contributed by atoms with Gasteiger partial charge in [-0.05, 0) is 13.0 Å². The van der Waals surface area contributed by atoms with Crippen molar-refractivity contribution in [2.45, 2.75) is 26.6 Å². The molecule has 0 amide bonds. The molecule has 0 aliphatic rings. The minimum Gasteiger partial charge on any atom is -0.327 e. The molecule has 2 N–H and O–H groups in total. The molecular formula is C12H15N7. The van der Waals surface area contributed by atoms with Crippen LogP contribution in [0.25, 0.3) is 11.0 Å². The van der Waals surface area contributed by atoms with E-state index in [-0.39, 0.29) is 0 Å². The quantitative estimate of drug-likeness (QED) is 0.737. The van der Waals surface area contributed by atoms with E-state index in [1.807, 2.05) is 12.3 Å². The van der Waals surface area contributed by atoms with E-state index in [2.05, 4.69) is 31.8 Å². The Labute approximate surface area is 110 Å². The smallest absolute Gasteiger partial charge is 0.131 e. The summed E-state index contributed by atoms with van der Waals surface area (Å²) >= 11 is 0. The van der Waals surface area contributed by atoms with Crippen molar-refractivity contribution in [3.05, 3.63) is 36.2 Å². The standard InChI is InChI=1S/C12H15N7/c1-2-19-11-3-4-14-6-10(11)15-12(19)8-18-7-9(5-13)16-17-18/h3-4,6-7H,2,5,8,13H2,1H3. The van der Waals surface area contributed by atoms with Crippen LogP contribution in [0.5, 0.6) is 0 Å². The summed E-state index contributed by atoms with van der Waals surface area (Å²) in [5.74, 6) is 0.943. The third kappa shape index (κ3) is 2.08. The van der Waals surface area contributed by atoms with Gasteiger partial charge in [-0.25, -0.2) is 9.67 Å². The number of hydrogen-bond donors (Lipinski definition) is 1. The predicted octanol–water partition coefficient (Wildman–Crippen LogP) is 0.550. The molecular weight excluding hydrogens is 242 g/mol. The molecule has 3 rings (SSSR count). The second-order valence-corrected chi connectivity index (χ2v) is 4.25. The fourth-order valence-corrected chi connectivity index (χ4v) is 2.16. The third-order valence-corrected chi connectivity index (χ3v) is 3.04. The van der Waals surface area contributed by atoms with Gasteiger partial charge in [0.2, 0.25) is 0 Å². The van der Waals surface area contributed by atoms with Gasteiger partial charge in [0, 0.05) is 19.3 Å². The van der Waals surface area contributed by atoms with Gasteiger partial charge in [0.1, 0.15) is 17.9 Å². The zero-order chi connectivity index (χ0) is 13.2. The third-order valence-electron chi connectivity index (χ3n) is 3.04. The van der Waals surface area contributed by atoms with Crippen molar-refractivity contribution in [3.63, 3.8) is 0 Å². The van der Waals surface area contributed by atoms with E-state index < -0.39 is 0 Å². The van der Waals surface area contributed by atoms with Crippen LogP contribution >= 0.6 is 0 Å². The van der Waals surface area contributed by atoms with Crippen LogP contribution in [-0.4, -0.2) is 29.5 Å². The zero-order valence-corrected chi connectivity index (χ0v) is 10.7. The first kappa shape index (κ1) is 11.8. The molecule has 19 heavy (non-hydrogen) atoms. The molecule has 3 heterocycles. The van der Waals surface area contributed by atoms with Crippen molar-refractivity contribution in [1.29, 1.82) is 0 Å². The largest absolute Gasteiger partial charge is 0.327 e. The number of aryl methyl sites for hydroxylation is 1. The predicted molar refractivity (Wildman–Crippen MR) is 70.2 cm³/mol. The molecule has 0 fully saturated rings. The molecule has 3 aromatic rings. The highest BCUT2D eigenvalue weighted by Gasteiger charge is 2.10. The lowest BCUT2D eigenvalue weighted by atomic mass is 10.4. The number of rotatable bonds is 4. The lowest BCUT2D eigenvalue weighted by Crippen LogP contribution is -2.08. The normalized spacial score (nSPS) is 11.3. The van der Waals surface area contributed by atoms with Crippen LogP contribution < -0.4 is 5.73 Å². The van der Waals surface area contributed by atoms with Crippen molar-refractivity contribution in [3.8, 4) is 0 Å². The van der Waals surface area contributed by atoms with Crippen molar-refractivity contribution < 1.29 is 0 Å². The second-order valence-electron chi connectivity index (χ2n) is 4.25. The molecule has 98 valence electrons. The molecule has 0 saturated carbocycles. The van der Waals surface area contributed by atoms with Crippen LogP contribution in [0.1, 0.15) is 18.4 Å². The number of nitrogens with two attached hydrogens (primary N) is 1. The van der Waals surface area contributed by atoms with E-state index in [4.69, 9.17) is 5.73 Å². The lowest BCUT2D eigenvalue weighted by Gasteiger charge is -2.05. The molecule has 0 aromatic carbocycles. The Morgan fingerprint density at radius 3 is 3.00 bits per heavy atom. The van der Waals surface area contributed by atoms with E-state index in [0.717, 1.165) is 29.1 Å². The molecule has 0 spiro atoms. The first-order chi connectivity index (χ1) is 9.31. The van der Waals surface area contributed by atoms with Gasteiger partial charge in [0.15, 0.2) is 0 Å². The Morgan fingerprint density at radius 1 is 1.37 bits per heavy atom. The van der Waals surface area contributed by atoms with Crippen molar-refractivity contribution in [1.82, 2.24) is 29.5 Å². The monoisotopic (exact) mass is 257 g/mol. The molecule has 7 heteroatoms.